The zero-order valence-electron chi connectivity index (χ0n) is 15.4. The molecule has 1 aliphatic heterocycles. The third kappa shape index (κ3) is 5.60. The molecule has 0 radical (unpaired) electrons. The second-order valence-corrected chi connectivity index (χ2v) is 6.29. The number of amides is 1. The number of rotatable bonds is 8. The molecule has 144 valence electrons. The van der Waals surface area contributed by atoms with E-state index in [0.29, 0.717) is 37.7 Å². The van der Waals surface area contributed by atoms with Crippen LogP contribution in [0.15, 0.2) is 18.2 Å². The molecule has 1 atom stereocenters. The number of likely N-dealkylation sites (N-methyl/N-ethyl adjacent to an activating group) is 1. The Balaban J connectivity index is 1.93. The minimum atomic E-state index is -0.885. The van der Waals surface area contributed by atoms with Crippen molar-refractivity contribution in [2.75, 3.05) is 54.1 Å². The number of benzene rings is 1. The molecule has 1 fully saturated rings. The topological polar surface area (TPSA) is 88.5 Å². The Labute approximate surface area is 153 Å². The van der Waals surface area contributed by atoms with Crippen molar-refractivity contribution in [3.8, 4) is 11.5 Å². The number of morpholine rings is 1. The molecule has 1 unspecified atom stereocenters. The summed E-state index contributed by atoms with van der Waals surface area (Å²) < 4.78 is 16.1. The van der Waals surface area contributed by atoms with Gasteiger partial charge in [-0.1, -0.05) is 6.07 Å². The Bertz CT molecular complexity index is 636. The van der Waals surface area contributed by atoms with Gasteiger partial charge in [-0.15, -0.1) is 0 Å². The van der Waals surface area contributed by atoms with E-state index in [4.69, 9.17) is 19.3 Å². The molecule has 1 aliphatic rings. The van der Waals surface area contributed by atoms with Crippen LogP contribution in [-0.4, -0.2) is 86.9 Å². The molecule has 2 rings (SSSR count). The highest BCUT2D eigenvalue weighted by Crippen LogP contribution is 2.27. The minimum absolute atomic E-state index is 0.00593. The summed E-state index contributed by atoms with van der Waals surface area (Å²) in [4.78, 5) is 26.8. The standard InChI is InChI=1S/C18H26N2O6/c1-19(12-18(22)23)10-14-11-20(6-7-26-14)17(21)9-13-4-5-15(24-2)16(8-13)25-3/h4-5,8,14H,6-7,9-12H2,1-3H3,(H,22,23). The molecule has 1 aromatic rings. The molecule has 0 aromatic heterocycles. The van der Waals surface area contributed by atoms with Crippen LogP contribution < -0.4 is 9.47 Å². The molecule has 1 N–H and O–H groups in total. The second-order valence-electron chi connectivity index (χ2n) is 6.29. The van der Waals surface area contributed by atoms with E-state index in [0.717, 1.165) is 5.56 Å². The quantitative estimate of drug-likeness (QED) is 0.716. The van der Waals surface area contributed by atoms with Gasteiger partial charge in [-0.05, 0) is 24.7 Å². The third-order valence-corrected chi connectivity index (χ3v) is 4.22. The molecule has 1 heterocycles. The zero-order valence-corrected chi connectivity index (χ0v) is 15.4. The highest BCUT2D eigenvalue weighted by Gasteiger charge is 2.25. The predicted molar refractivity (Wildman–Crippen MR) is 94.7 cm³/mol. The summed E-state index contributed by atoms with van der Waals surface area (Å²) in [6.07, 6.45) is 0.0698. The van der Waals surface area contributed by atoms with Crippen molar-refractivity contribution in [2.45, 2.75) is 12.5 Å². The summed E-state index contributed by atoms with van der Waals surface area (Å²) in [7, 11) is 4.85. The summed E-state index contributed by atoms with van der Waals surface area (Å²) in [5, 5.41) is 8.83. The highest BCUT2D eigenvalue weighted by molar-refractivity contribution is 5.79. The maximum absolute atomic E-state index is 12.6. The van der Waals surface area contributed by atoms with Gasteiger partial charge < -0.3 is 24.2 Å². The zero-order chi connectivity index (χ0) is 19.1. The van der Waals surface area contributed by atoms with Crippen LogP contribution in [0.2, 0.25) is 0 Å². The van der Waals surface area contributed by atoms with Crippen LogP contribution in [0.4, 0.5) is 0 Å². The summed E-state index contributed by atoms with van der Waals surface area (Å²) in [6.45, 7) is 1.84. The van der Waals surface area contributed by atoms with Crippen LogP contribution in [0.25, 0.3) is 0 Å². The Morgan fingerprint density at radius 3 is 2.69 bits per heavy atom. The number of aliphatic carboxylic acids is 1. The first-order valence-corrected chi connectivity index (χ1v) is 8.43. The normalized spacial score (nSPS) is 17.2. The number of carboxylic acids is 1. The van der Waals surface area contributed by atoms with Crippen LogP contribution in [0.1, 0.15) is 5.56 Å². The summed E-state index contributed by atoms with van der Waals surface area (Å²) in [5.74, 6) is 0.334. The molecule has 0 bridgehead atoms. The van der Waals surface area contributed by atoms with Crippen LogP contribution in [0.5, 0.6) is 11.5 Å². The lowest BCUT2D eigenvalue weighted by Gasteiger charge is -2.34. The Morgan fingerprint density at radius 2 is 2.04 bits per heavy atom. The van der Waals surface area contributed by atoms with Gasteiger partial charge in [0.05, 0.1) is 39.9 Å². The lowest BCUT2D eigenvalue weighted by Crippen LogP contribution is -2.50. The summed E-state index contributed by atoms with van der Waals surface area (Å²) in [5.41, 5.74) is 0.846. The van der Waals surface area contributed by atoms with E-state index >= 15 is 0 Å². The number of carboxylic acid groups (broad SMARTS) is 1. The van der Waals surface area contributed by atoms with Gasteiger partial charge in [-0.25, -0.2) is 0 Å². The molecule has 1 amide bonds. The molecule has 1 aromatic carbocycles. The van der Waals surface area contributed by atoms with Crippen molar-refractivity contribution < 1.29 is 28.9 Å². The fourth-order valence-corrected chi connectivity index (χ4v) is 2.98. The van der Waals surface area contributed by atoms with E-state index in [-0.39, 0.29) is 25.0 Å². The third-order valence-electron chi connectivity index (χ3n) is 4.22. The molecular formula is C18H26N2O6. The van der Waals surface area contributed by atoms with E-state index in [1.54, 1.807) is 43.2 Å². The van der Waals surface area contributed by atoms with Gasteiger partial charge in [-0.3, -0.25) is 14.5 Å². The number of hydrogen-bond acceptors (Lipinski definition) is 6. The molecule has 8 nitrogen and oxygen atoms in total. The lowest BCUT2D eigenvalue weighted by molar-refractivity contribution is -0.142. The first kappa shape index (κ1) is 20.0. The largest absolute Gasteiger partial charge is 0.493 e. The Hall–Kier alpha value is -2.32. The lowest BCUT2D eigenvalue weighted by atomic mass is 10.1. The predicted octanol–water partition coefficient (Wildman–Crippen LogP) is 0.490. The Morgan fingerprint density at radius 1 is 1.31 bits per heavy atom. The number of carbonyl (C=O) groups excluding carboxylic acids is 1. The minimum Gasteiger partial charge on any atom is -0.493 e. The fourth-order valence-electron chi connectivity index (χ4n) is 2.98. The molecular weight excluding hydrogens is 340 g/mol. The van der Waals surface area contributed by atoms with Gasteiger partial charge in [0.15, 0.2) is 11.5 Å². The van der Waals surface area contributed by atoms with Gasteiger partial charge in [0.25, 0.3) is 0 Å². The SMILES string of the molecule is COc1ccc(CC(=O)N2CCOC(CN(C)CC(=O)O)C2)cc1OC. The first-order chi connectivity index (χ1) is 12.4. The van der Waals surface area contributed by atoms with Crippen molar-refractivity contribution in [2.24, 2.45) is 0 Å². The molecule has 1 saturated heterocycles. The van der Waals surface area contributed by atoms with Crippen LogP contribution in [0.3, 0.4) is 0 Å². The smallest absolute Gasteiger partial charge is 0.317 e. The first-order valence-electron chi connectivity index (χ1n) is 8.43. The fraction of sp³-hybridized carbons (Fsp3) is 0.556. The number of carbonyl (C=O) groups is 2. The van der Waals surface area contributed by atoms with Crippen LogP contribution in [0, 0.1) is 0 Å². The maximum atomic E-state index is 12.6. The summed E-state index contributed by atoms with van der Waals surface area (Å²) >= 11 is 0. The summed E-state index contributed by atoms with van der Waals surface area (Å²) in [6, 6.07) is 5.43. The number of nitrogens with zero attached hydrogens (tertiary/aromatic N) is 2. The number of hydrogen-bond donors (Lipinski definition) is 1. The highest BCUT2D eigenvalue weighted by atomic mass is 16.5. The number of ether oxygens (including phenoxy) is 3. The molecule has 8 heteroatoms. The van der Waals surface area contributed by atoms with Gasteiger partial charge in [0.1, 0.15) is 0 Å². The van der Waals surface area contributed by atoms with Crippen LogP contribution >= 0.6 is 0 Å². The average Bonchev–Trinajstić information content (AvgIpc) is 2.61. The Kier molecular flexibility index (Phi) is 7.23. The van der Waals surface area contributed by atoms with Gasteiger partial charge in [0.2, 0.25) is 5.91 Å². The van der Waals surface area contributed by atoms with E-state index in [9.17, 15) is 9.59 Å². The van der Waals surface area contributed by atoms with E-state index < -0.39 is 5.97 Å². The molecule has 0 saturated carbocycles. The van der Waals surface area contributed by atoms with E-state index in [1.807, 2.05) is 6.07 Å². The van der Waals surface area contributed by atoms with Gasteiger partial charge in [-0.2, -0.15) is 0 Å². The van der Waals surface area contributed by atoms with E-state index in [1.165, 1.54) is 0 Å². The molecule has 26 heavy (non-hydrogen) atoms. The van der Waals surface area contributed by atoms with Crippen molar-refractivity contribution in [3.05, 3.63) is 23.8 Å². The van der Waals surface area contributed by atoms with Crippen molar-refractivity contribution in [1.29, 1.82) is 0 Å². The number of methoxy groups -OCH3 is 2. The van der Waals surface area contributed by atoms with Crippen molar-refractivity contribution in [3.63, 3.8) is 0 Å². The van der Waals surface area contributed by atoms with Crippen molar-refractivity contribution in [1.82, 2.24) is 9.80 Å². The maximum Gasteiger partial charge on any atom is 0.317 e. The van der Waals surface area contributed by atoms with Gasteiger partial charge in [0, 0.05) is 19.6 Å². The van der Waals surface area contributed by atoms with Crippen LogP contribution in [-0.2, 0) is 20.7 Å². The molecule has 0 aliphatic carbocycles. The van der Waals surface area contributed by atoms with Crippen molar-refractivity contribution >= 4 is 11.9 Å². The second kappa shape index (κ2) is 9.40. The molecule has 0 spiro atoms. The monoisotopic (exact) mass is 366 g/mol. The average molecular weight is 366 g/mol. The van der Waals surface area contributed by atoms with E-state index in [2.05, 4.69) is 0 Å². The van der Waals surface area contributed by atoms with Gasteiger partial charge >= 0.3 is 5.97 Å².